The number of oxime groups is 1. The highest BCUT2D eigenvalue weighted by atomic mass is 16.6. The van der Waals surface area contributed by atoms with Gasteiger partial charge < -0.3 is 15.8 Å². The minimum atomic E-state index is -0.543. The predicted octanol–water partition coefficient (Wildman–Crippen LogP) is 1.85. The molecule has 0 amide bonds. The highest BCUT2D eigenvalue weighted by Gasteiger charge is 2.32. The van der Waals surface area contributed by atoms with Gasteiger partial charge in [-0.1, -0.05) is 18.5 Å². The van der Waals surface area contributed by atoms with E-state index >= 15 is 0 Å². The first-order chi connectivity index (χ1) is 10.1. The van der Waals surface area contributed by atoms with Gasteiger partial charge in [0.15, 0.2) is 5.84 Å². The Balaban J connectivity index is 2.42. The van der Waals surface area contributed by atoms with E-state index in [0.29, 0.717) is 17.4 Å². The molecule has 0 bridgehead atoms. The van der Waals surface area contributed by atoms with Crippen molar-refractivity contribution in [1.82, 2.24) is 4.98 Å². The second-order valence-electron chi connectivity index (χ2n) is 5.09. The molecule has 0 aromatic carbocycles. The van der Waals surface area contributed by atoms with E-state index in [2.05, 4.69) is 22.0 Å². The van der Waals surface area contributed by atoms with Crippen LogP contribution in [0.2, 0.25) is 0 Å². The summed E-state index contributed by atoms with van der Waals surface area (Å²) < 4.78 is 0. The largest absolute Gasteiger partial charge is 0.409 e. The molecular formula is C13H19N5O3. The Kier molecular flexibility index (Phi) is 4.56. The Morgan fingerprint density at radius 1 is 1.67 bits per heavy atom. The van der Waals surface area contributed by atoms with Gasteiger partial charge in [0.2, 0.25) is 0 Å². The average Bonchev–Trinajstić information content (AvgIpc) is 3.31. The minimum Gasteiger partial charge on any atom is -0.409 e. The van der Waals surface area contributed by atoms with Crippen molar-refractivity contribution in [3.05, 3.63) is 27.9 Å². The number of hydrogen-bond donors (Lipinski definition) is 2. The van der Waals surface area contributed by atoms with Gasteiger partial charge in [0.05, 0.1) is 10.5 Å². The van der Waals surface area contributed by atoms with Crippen molar-refractivity contribution >= 4 is 17.3 Å². The quantitative estimate of drug-likeness (QED) is 0.260. The molecule has 1 saturated carbocycles. The second kappa shape index (κ2) is 6.38. The Labute approximate surface area is 122 Å². The van der Waals surface area contributed by atoms with Crippen molar-refractivity contribution in [2.75, 3.05) is 11.4 Å². The van der Waals surface area contributed by atoms with E-state index < -0.39 is 4.92 Å². The van der Waals surface area contributed by atoms with Crippen LogP contribution in [0.3, 0.4) is 0 Å². The first-order valence-electron chi connectivity index (χ1n) is 6.97. The lowest BCUT2D eigenvalue weighted by Crippen LogP contribution is -2.31. The summed E-state index contributed by atoms with van der Waals surface area (Å²) in [4.78, 5) is 16.6. The fraction of sp³-hybridized carbons (Fsp3) is 0.538. The summed E-state index contributed by atoms with van der Waals surface area (Å²) in [6.45, 7) is 2.90. The Hall–Kier alpha value is -2.38. The number of nitrogens with zero attached hydrogens (tertiary/aromatic N) is 4. The second-order valence-corrected chi connectivity index (χ2v) is 5.09. The highest BCUT2D eigenvalue weighted by molar-refractivity contribution is 6.02. The lowest BCUT2D eigenvalue weighted by atomic mass is 10.2. The Bertz CT molecular complexity index is 557. The number of aromatic nitrogens is 1. The van der Waals surface area contributed by atoms with Crippen LogP contribution in [0.1, 0.15) is 38.2 Å². The monoisotopic (exact) mass is 293 g/mol. The number of hydrogen-bond acceptors (Lipinski definition) is 6. The van der Waals surface area contributed by atoms with Gasteiger partial charge >= 0.3 is 0 Å². The fourth-order valence-electron chi connectivity index (χ4n) is 2.19. The molecule has 1 heterocycles. The van der Waals surface area contributed by atoms with Crippen LogP contribution in [0.4, 0.5) is 11.5 Å². The normalized spacial score (nSPS) is 15.0. The van der Waals surface area contributed by atoms with Crippen LogP contribution in [-0.2, 0) is 0 Å². The maximum absolute atomic E-state index is 10.9. The summed E-state index contributed by atoms with van der Waals surface area (Å²) in [6.07, 6.45) is 5.38. The van der Waals surface area contributed by atoms with Gasteiger partial charge in [-0.05, 0) is 19.3 Å². The van der Waals surface area contributed by atoms with E-state index in [9.17, 15) is 10.1 Å². The predicted molar refractivity (Wildman–Crippen MR) is 78.7 cm³/mol. The van der Waals surface area contributed by atoms with E-state index in [-0.39, 0.29) is 11.5 Å². The minimum absolute atomic E-state index is 0.164. The maximum atomic E-state index is 10.9. The van der Waals surface area contributed by atoms with E-state index in [1.165, 1.54) is 12.3 Å². The first-order valence-corrected chi connectivity index (χ1v) is 6.97. The van der Waals surface area contributed by atoms with Gasteiger partial charge in [-0.3, -0.25) is 10.1 Å². The molecule has 0 aliphatic heterocycles. The molecule has 2 rings (SSSR count). The third-order valence-corrected chi connectivity index (χ3v) is 3.46. The van der Waals surface area contributed by atoms with Crippen LogP contribution >= 0.6 is 0 Å². The van der Waals surface area contributed by atoms with Gasteiger partial charge in [-0.15, -0.1) is 0 Å². The topological polar surface area (TPSA) is 118 Å². The van der Waals surface area contributed by atoms with Crippen molar-refractivity contribution in [2.24, 2.45) is 10.9 Å². The molecule has 0 spiro atoms. The molecule has 114 valence electrons. The van der Waals surface area contributed by atoms with Crippen molar-refractivity contribution < 1.29 is 10.1 Å². The van der Waals surface area contributed by atoms with Crippen molar-refractivity contribution in [3.8, 4) is 0 Å². The number of amidine groups is 1. The number of rotatable bonds is 7. The highest BCUT2D eigenvalue weighted by Crippen LogP contribution is 2.33. The van der Waals surface area contributed by atoms with Crippen molar-refractivity contribution in [2.45, 2.75) is 38.6 Å². The van der Waals surface area contributed by atoms with Crippen LogP contribution < -0.4 is 10.6 Å². The first kappa shape index (κ1) is 15.0. The molecule has 3 N–H and O–H groups in total. The van der Waals surface area contributed by atoms with E-state index in [1.807, 2.05) is 0 Å². The molecule has 0 atom stereocenters. The van der Waals surface area contributed by atoms with Crippen LogP contribution in [0.25, 0.3) is 0 Å². The number of anilines is 1. The SMILES string of the molecule is CCCCN(c1ncc([N+](=O)[O-])cc1C(N)=NO)C1CC1. The summed E-state index contributed by atoms with van der Waals surface area (Å²) in [5.74, 6) is 0.384. The van der Waals surface area contributed by atoms with Crippen LogP contribution in [0, 0.1) is 10.1 Å². The number of unbranched alkanes of at least 4 members (excludes halogenated alkanes) is 1. The standard InChI is InChI=1S/C13H19N5O3/c1-2-3-6-17(9-4-5-9)13-11(12(14)16-19)7-10(8-15-13)18(20)21/h7-9,19H,2-6H2,1H3,(H2,14,16). The zero-order chi connectivity index (χ0) is 15.4. The van der Waals surface area contributed by atoms with Crippen LogP contribution in [0.15, 0.2) is 17.4 Å². The fourth-order valence-corrected chi connectivity index (χ4v) is 2.19. The average molecular weight is 293 g/mol. The number of pyridine rings is 1. The van der Waals surface area contributed by atoms with Crippen LogP contribution in [0.5, 0.6) is 0 Å². The van der Waals surface area contributed by atoms with Gasteiger partial charge in [0.25, 0.3) is 5.69 Å². The van der Waals surface area contributed by atoms with Gasteiger partial charge in [0, 0.05) is 18.7 Å². The van der Waals surface area contributed by atoms with E-state index in [4.69, 9.17) is 10.9 Å². The van der Waals surface area contributed by atoms with Gasteiger partial charge in [0.1, 0.15) is 12.0 Å². The van der Waals surface area contributed by atoms with Crippen molar-refractivity contribution in [1.29, 1.82) is 0 Å². The summed E-state index contributed by atoms with van der Waals surface area (Å²) in [5, 5.41) is 22.7. The smallest absolute Gasteiger partial charge is 0.288 e. The summed E-state index contributed by atoms with van der Waals surface area (Å²) >= 11 is 0. The zero-order valence-corrected chi connectivity index (χ0v) is 11.9. The van der Waals surface area contributed by atoms with Crippen molar-refractivity contribution in [3.63, 3.8) is 0 Å². The van der Waals surface area contributed by atoms with Gasteiger partial charge in [-0.25, -0.2) is 4.98 Å². The molecule has 1 aliphatic rings. The molecule has 8 heteroatoms. The molecule has 0 unspecified atom stereocenters. The summed E-state index contributed by atoms with van der Waals surface area (Å²) in [5.41, 5.74) is 5.79. The third kappa shape index (κ3) is 3.39. The lowest BCUT2D eigenvalue weighted by Gasteiger charge is -2.25. The van der Waals surface area contributed by atoms with E-state index in [0.717, 1.165) is 32.2 Å². The maximum Gasteiger partial charge on any atom is 0.288 e. The molecular weight excluding hydrogens is 274 g/mol. The molecule has 0 saturated heterocycles. The molecule has 1 aliphatic carbocycles. The van der Waals surface area contributed by atoms with Gasteiger partial charge in [-0.2, -0.15) is 0 Å². The lowest BCUT2D eigenvalue weighted by molar-refractivity contribution is -0.385. The Morgan fingerprint density at radius 3 is 2.90 bits per heavy atom. The summed E-state index contributed by atoms with van der Waals surface area (Å²) in [7, 11) is 0. The zero-order valence-electron chi connectivity index (χ0n) is 11.9. The molecule has 0 radical (unpaired) electrons. The molecule has 21 heavy (non-hydrogen) atoms. The van der Waals surface area contributed by atoms with E-state index in [1.54, 1.807) is 0 Å². The van der Waals surface area contributed by atoms with Crippen LogP contribution in [-0.4, -0.2) is 33.5 Å². The molecule has 1 aromatic rings. The molecule has 1 fully saturated rings. The summed E-state index contributed by atoms with van der Waals surface area (Å²) in [6, 6.07) is 1.69. The molecule has 1 aromatic heterocycles. The molecule has 8 nitrogen and oxygen atoms in total. The Morgan fingerprint density at radius 2 is 2.38 bits per heavy atom. The number of nitrogens with two attached hydrogens (primary N) is 1. The third-order valence-electron chi connectivity index (χ3n) is 3.46. The number of nitro groups is 1.